The largest absolute Gasteiger partial charge is 0.345 e. The van der Waals surface area contributed by atoms with Crippen molar-refractivity contribution >= 4 is 11.3 Å². The van der Waals surface area contributed by atoms with Gasteiger partial charge in [-0.3, -0.25) is 0 Å². The number of hydrogen-bond donors (Lipinski definition) is 2. The number of aromatic amines is 1. The van der Waals surface area contributed by atoms with Crippen LogP contribution in [0.15, 0.2) is 12.3 Å². The van der Waals surface area contributed by atoms with Gasteiger partial charge in [-0.2, -0.15) is 0 Å². The molecule has 0 aliphatic heterocycles. The van der Waals surface area contributed by atoms with Gasteiger partial charge < -0.3 is 10.3 Å². The van der Waals surface area contributed by atoms with E-state index in [-0.39, 0.29) is 0 Å². The van der Waals surface area contributed by atoms with Crippen LogP contribution in [0.2, 0.25) is 0 Å². The van der Waals surface area contributed by atoms with Crippen LogP contribution in [0.3, 0.4) is 0 Å². The van der Waals surface area contributed by atoms with E-state index in [9.17, 15) is 0 Å². The molecule has 2 rings (SSSR count). The van der Waals surface area contributed by atoms with Gasteiger partial charge in [-0.1, -0.05) is 0 Å². The molecule has 2 N–H and O–H groups in total. The van der Waals surface area contributed by atoms with E-state index in [2.05, 4.69) is 42.1 Å². The van der Waals surface area contributed by atoms with Gasteiger partial charge in [0.2, 0.25) is 0 Å². The number of nitrogens with one attached hydrogen (secondary N) is 2. The molecular formula is C13H19N3S. The summed E-state index contributed by atoms with van der Waals surface area (Å²) in [5.41, 5.74) is 2.54. The van der Waals surface area contributed by atoms with Crippen molar-refractivity contribution in [1.82, 2.24) is 15.3 Å². The van der Waals surface area contributed by atoms with Gasteiger partial charge in [0.1, 0.15) is 5.82 Å². The Labute approximate surface area is 106 Å². The number of nitrogens with zero attached hydrogens (tertiary/aromatic N) is 1. The SMILES string of the molecule is Cc1ncc(CNC(C)c2cc(C)sc2C)[nH]1. The Kier molecular flexibility index (Phi) is 3.64. The Morgan fingerprint density at radius 2 is 2.18 bits per heavy atom. The molecule has 0 bridgehead atoms. The quantitative estimate of drug-likeness (QED) is 0.873. The highest BCUT2D eigenvalue weighted by Crippen LogP contribution is 2.26. The second kappa shape index (κ2) is 5.02. The first kappa shape index (κ1) is 12.3. The summed E-state index contributed by atoms with van der Waals surface area (Å²) in [7, 11) is 0. The lowest BCUT2D eigenvalue weighted by Gasteiger charge is -2.12. The fourth-order valence-corrected chi connectivity index (χ4v) is 3.04. The summed E-state index contributed by atoms with van der Waals surface area (Å²) in [6.07, 6.45) is 1.89. The van der Waals surface area contributed by atoms with Crippen LogP contribution in [0.1, 0.15) is 39.8 Å². The Morgan fingerprint density at radius 3 is 2.71 bits per heavy atom. The molecule has 2 aromatic heterocycles. The monoisotopic (exact) mass is 249 g/mol. The van der Waals surface area contributed by atoms with Crippen LogP contribution in [0, 0.1) is 20.8 Å². The van der Waals surface area contributed by atoms with Crippen molar-refractivity contribution in [3.63, 3.8) is 0 Å². The first-order chi connectivity index (χ1) is 8.06. The average molecular weight is 249 g/mol. The lowest BCUT2D eigenvalue weighted by Crippen LogP contribution is -2.18. The zero-order valence-electron chi connectivity index (χ0n) is 10.8. The van der Waals surface area contributed by atoms with E-state index in [1.54, 1.807) is 0 Å². The molecule has 2 aromatic rings. The fourth-order valence-electron chi connectivity index (χ4n) is 2.01. The molecule has 0 fully saturated rings. The second-order valence-electron chi connectivity index (χ2n) is 4.47. The van der Waals surface area contributed by atoms with Crippen LogP contribution in [-0.4, -0.2) is 9.97 Å². The molecule has 3 nitrogen and oxygen atoms in total. The topological polar surface area (TPSA) is 40.7 Å². The Balaban J connectivity index is 1.97. The predicted molar refractivity (Wildman–Crippen MR) is 72.4 cm³/mol. The van der Waals surface area contributed by atoms with Crippen molar-refractivity contribution in [1.29, 1.82) is 0 Å². The maximum absolute atomic E-state index is 4.20. The van der Waals surface area contributed by atoms with Gasteiger partial charge in [0.15, 0.2) is 0 Å². The van der Waals surface area contributed by atoms with E-state index in [0.717, 1.165) is 18.1 Å². The number of aryl methyl sites for hydroxylation is 3. The van der Waals surface area contributed by atoms with Gasteiger partial charge in [-0.25, -0.2) is 4.98 Å². The maximum atomic E-state index is 4.20. The highest BCUT2D eigenvalue weighted by Gasteiger charge is 2.10. The lowest BCUT2D eigenvalue weighted by molar-refractivity contribution is 0.568. The van der Waals surface area contributed by atoms with Crippen molar-refractivity contribution in [2.45, 2.75) is 40.3 Å². The van der Waals surface area contributed by atoms with Gasteiger partial charge in [-0.15, -0.1) is 11.3 Å². The molecule has 92 valence electrons. The molecule has 0 aliphatic carbocycles. The Morgan fingerprint density at radius 1 is 1.41 bits per heavy atom. The van der Waals surface area contributed by atoms with E-state index < -0.39 is 0 Å². The number of H-pyrrole nitrogens is 1. The van der Waals surface area contributed by atoms with E-state index >= 15 is 0 Å². The van der Waals surface area contributed by atoms with Crippen LogP contribution < -0.4 is 5.32 Å². The van der Waals surface area contributed by atoms with E-state index in [1.807, 2.05) is 24.5 Å². The summed E-state index contributed by atoms with van der Waals surface area (Å²) in [4.78, 5) is 10.2. The second-order valence-corrected chi connectivity index (χ2v) is 5.93. The smallest absolute Gasteiger partial charge is 0.103 e. The van der Waals surface area contributed by atoms with Crippen molar-refractivity contribution < 1.29 is 0 Å². The van der Waals surface area contributed by atoms with Gasteiger partial charge in [-0.05, 0) is 39.3 Å². The normalized spacial score (nSPS) is 12.9. The summed E-state index contributed by atoms with van der Waals surface area (Å²) in [6.45, 7) is 9.35. The minimum absolute atomic E-state index is 0.378. The van der Waals surface area contributed by atoms with Crippen LogP contribution in [-0.2, 0) is 6.54 Å². The molecule has 0 aliphatic rings. The van der Waals surface area contributed by atoms with Gasteiger partial charge in [0, 0.05) is 34.2 Å². The molecule has 0 amide bonds. The summed E-state index contributed by atoms with van der Waals surface area (Å²) in [5, 5.41) is 3.52. The van der Waals surface area contributed by atoms with Crippen LogP contribution >= 0.6 is 11.3 Å². The number of hydrogen-bond acceptors (Lipinski definition) is 3. The predicted octanol–water partition coefficient (Wildman–Crippen LogP) is 3.25. The molecule has 0 radical (unpaired) electrons. The summed E-state index contributed by atoms with van der Waals surface area (Å²) >= 11 is 1.86. The van der Waals surface area contributed by atoms with Crippen molar-refractivity contribution in [3.05, 3.63) is 39.1 Å². The summed E-state index contributed by atoms with van der Waals surface area (Å²) in [6, 6.07) is 2.65. The molecule has 2 heterocycles. The van der Waals surface area contributed by atoms with Crippen molar-refractivity contribution in [2.75, 3.05) is 0 Å². The highest BCUT2D eigenvalue weighted by molar-refractivity contribution is 7.12. The van der Waals surface area contributed by atoms with Gasteiger partial charge in [0.05, 0.1) is 0 Å². The van der Waals surface area contributed by atoms with Gasteiger partial charge in [0.25, 0.3) is 0 Å². The zero-order chi connectivity index (χ0) is 12.4. The number of imidazole rings is 1. The third-order valence-electron chi connectivity index (χ3n) is 2.90. The third-order valence-corrected chi connectivity index (χ3v) is 3.88. The van der Waals surface area contributed by atoms with Crippen molar-refractivity contribution in [3.8, 4) is 0 Å². The minimum atomic E-state index is 0.378. The molecule has 0 saturated heterocycles. The molecule has 0 aromatic carbocycles. The fraction of sp³-hybridized carbons (Fsp3) is 0.462. The molecule has 4 heteroatoms. The number of aromatic nitrogens is 2. The molecule has 0 saturated carbocycles. The summed E-state index contributed by atoms with van der Waals surface area (Å²) < 4.78 is 0. The molecule has 0 spiro atoms. The minimum Gasteiger partial charge on any atom is -0.345 e. The van der Waals surface area contributed by atoms with Crippen molar-refractivity contribution in [2.24, 2.45) is 0 Å². The number of rotatable bonds is 4. The Bertz CT molecular complexity index is 498. The third kappa shape index (κ3) is 2.96. The molecule has 1 atom stereocenters. The van der Waals surface area contributed by atoms with E-state index in [4.69, 9.17) is 0 Å². The molecule has 1 unspecified atom stereocenters. The lowest BCUT2D eigenvalue weighted by atomic mass is 10.1. The zero-order valence-corrected chi connectivity index (χ0v) is 11.6. The number of thiophene rings is 1. The van der Waals surface area contributed by atoms with E-state index in [1.165, 1.54) is 15.3 Å². The molecular weight excluding hydrogens is 230 g/mol. The molecule has 17 heavy (non-hydrogen) atoms. The average Bonchev–Trinajstić information content (AvgIpc) is 2.81. The summed E-state index contributed by atoms with van der Waals surface area (Å²) in [5.74, 6) is 0.969. The first-order valence-electron chi connectivity index (χ1n) is 5.87. The van der Waals surface area contributed by atoms with Crippen LogP contribution in [0.4, 0.5) is 0 Å². The Hall–Kier alpha value is -1.13. The van der Waals surface area contributed by atoms with E-state index in [0.29, 0.717) is 6.04 Å². The first-order valence-corrected chi connectivity index (χ1v) is 6.68. The standard InChI is InChI=1S/C13H19N3S/c1-8-5-13(10(3)17-8)9(2)14-6-12-7-15-11(4)16-12/h5,7,9,14H,6H2,1-4H3,(H,15,16). The van der Waals surface area contributed by atoms with Crippen LogP contribution in [0.5, 0.6) is 0 Å². The van der Waals surface area contributed by atoms with Crippen LogP contribution in [0.25, 0.3) is 0 Å². The maximum Gasteiger partial charge on any atom is 0.103 e. The highest BCUT2D eigenvalue weighted by atomic mass is 32.1. The van der Waals surface area contributed by atoms with Gasteiger partial charge >= 0.3 is 0 Å².